The molecule has 0 aromatic carbocycles. The molecule has 3 saturated heterocycles. The third kappa shape index (κ3) is 2.48. The minimum Gasteiger partial charge on any atom is -0.447 e. The molecule has 3 heterocycles. The van der Waals surface area contributed by atoms with Crippen LogP contribution in [0.25, 0.3) is 0 Å². The van der Waals surface area contributed by atoms with Gasteiger partial charge in [-0.1, -0.05) is 32.6 Å². The highest BCUT2D eigenvalue weighted by atomic mass is 16.7. The summed E-state index contributed by atoms with van der Waals surface area (Å²) in [5.41, 5.74) is -3.51. The van der Waals surface area contributed by atoms with Crippen LogP contribution in [0.15, 0.2) is 0 Å². The number of nitrogens with one attached hydrogen (secondary N) is 1. The average molecular weight is 398 g/mol. The van der Waals surface area contributed by atoms with E-state index in [1.54, 1.807) is 0 Å². The van der Waals surface area contributed by atoms with E-state index in [2.05, 4.69) is 25.1 Å². The van der Waals surface area contributed by atoms with E-state index in [1.165, 1.54) is 0 Å². The first kappa shape index (κ1) is 20.1. The van der Waals surface area contributed by atoms with Gasteiger partial charge in [0.2, 0.25) is 11.7 Å². The van der Waals surface area contributed by atoms with Gasteiger partial charge in [0, 0.05) is 19.3 Å². The summed E-state index contributed by atoms with van der Waals surface area (Å²) >= 11 is 0. The van der Waals surface area contributed by atoms with Crippen LogP contribution in [-0.4, -0.2) is 36.8 Å². The quantitative estimate of drug-likeness (QED) is 0.703. The molecule has 154 valence electrons. The highest BCUT2D eigenvalue weighted by Crippen LogP contribution is 2.68. The summed E-state index contributed by atoms with van der Waals surface area (Å²) in [6.45, 7) is 3.03. The van der Waals surface area contributed by atoms with Crippen molar-refractivity contribution in [3.05, 3.63) is 0 Å². The molecule has 4 fully saturated rings. The van der Waals surface area contributed by atoms with Gasteiger partial charge in [-0.2, -0.15) is 15.8 Å². The van der Waals surface area contributed by atoms with Gasteiger partial charge in [0.1, 0.15) is 0 Å². The zero-order valence-corrected chi connectivity index (χ0v) is 16.7. The zero-order valence-electron chi connectivity index (χ0n) is 16.7. The Morgan fingerprint density at radius 1 is 1.03 bits per heavy atom. The van der Waals surface area contributed by atoms with Crippen molar-refractivity contribution in [3.63, 3.8) is 0 Å². The Labute approximate surface area is 170 Å². The van der Waals surface area contributed by atoms with E-state index in [4.69, 9.17) is 24.4 Å². The van der Waals surface area contributed by atoms with Crippen molar-refractivity contribution >= 4 is 5.90 Å². The fourth-order valence-electron chi connectivity index (χ4n) is 5.68. The summed E-state index contributed by atoms with van der Waals surface area (Å²) in [6.07, 6.45) is 4.74. The Morgan fingerprint density at radius 2 is 1.76 bits per heavy atom. The van der Waals surface area contributed by atoms with Crippen LogP contribution >= 0.6 is 0 Å². The third-order valence-corrected chi connectivity index (χ3v) is 7.17. The molecule has 3 aliphatic heterocycles. The van der Waals surface area contributed by atoms with Gasteiger partial charge in [0.15, 0.2) is 16.6 Å². The van der Waals surface area contributed by atoms with E-state index in [0.29, 0.717) is 32.5 Å². The number of nitriles is 3. The zero-order chi connectivity index (χ0) is 20.8. The van der Waals surface area contributed by atoms with Crippen LogP contribution in [0, 0.1) is 56.2 Å². The molecule has 4 rings (SSSR count). The lowest BCUT2D eigenvalue weighted by Gasteiger charge is -2.54. The average Bonchev–Trinajstić information content (AvgIpc) is 3.26. The van der Waals surface area contributed by atoms with Crippen molar-refractivity contribution in [2.24, 2.45) is 16.7 Å². The maximum absolute atomic E-state index is 10.3. The second-order valence-electron chi connectivity index (χ2n) is 8.51. The molecule has 8 nitrogen and oxygen atoms in total. The molecule has 0 aromatic rings. The summed E-state index contributed by atoms with van der Waals surface area (Å²) in [6, 6.07) is 6.41. The molecule has 1 spiro atoms. The van der Waals surface area contributed by atoms with Crippen LogP contribution in [0.5, 0.6) is 0 Å². The molecule has 4 unspecified atom stereocenters. The van der Waals surface area contributed by atoms with Crippen LogP contribution in [0.4, 0.5) is 0 Å². The van der Waals surface area contributed by atoms with E-state index in [-0.39, 0.29) is 12.3 Å². The molecule has 1 N–H and O–H groups in total. The molecule has 1 saturated carbocycles. The smallest absolute Gasteiger partial charge is 0.217 e. The largest absolute Gasteiger partial charge is 0.447 e. The topological polar surface area (TPSA) is 132 Å². The normalized spacial score (nSPS) is 38.5. The van der Waals surface area contributed by atoms with Gasteiger partial charge in [-0.3, -0.25) is 5.41 Å². The first-order chi connectivity index (χ1) is 14.0. The summed E-state index contributed by atoms with van der Waals surface area (Å²) in [4.78, 5) is 0. The summed E-state index contributed by atoms with van der Waals surface area (Å²) < 4.78 is 24.0. The molecular weight excluding hydrogens is 372 g/mol. The van der Waals surface area contributed by atoms with E-state index in [0.717, 1.165) is 25.7 Å². The molecular formula is C21H26N4O4. The maximum atomic E-state index is 10.3. The number of nitrogens with zero attached hydrogens (tertiary/aromatic N) is 3. The second-order valence-corrected chi connectivity index (χ2v) is 8.51. The molecule has 29 heavy (non-hydrogen) atoms. The van der Waals surface area contributed by atoms with E-state index < -0.39 is 34.4 Å². The van der Waals surface area contributed by atoms with Crippen LogP contribution in [-0.2, 0) is 18.9 Å². The number of unbranched alkanes of at least 4 members (excludes halogenated alkanes) is 3. The fourth-order valence-corrected chi connectivity index (χ4v) is 5.68. The van der Waals surface area contributed by atoms with Gasteiger partial charge in [0.05, 0.1) is 43.4 Å². The number of hydrogen-bond donors (Lipinski definition) is 1. The van der Waals surface area contributed by atoms with Gasteiger partial charge in [0.25, 0.3) is 0 Å². The Balaban J connectivity index is 1.76. The number of hydrogen-bond acceptors (Lipinski definition) is 8. The van der Waals surface area contributed by atoms with Crippen LogP contribution in [0.2, 0.25) is 0 Å². The van der Waals surface area contributed by atoms with Crippen molar-refractivity contribution in [2.45, 2.75) is 76.0 Å². The molecule has 2 bridgehead atoms. The lowest BCUT2D eigenvalue weighted by Crippen LogP contribution is -2.65. The van der Waals surface area contributed by atoms with Gasteiger partial charge in [-0.05, 0) is 6.42 Å². The van der Waals surface area contributed by atoms with Crippen LogP contribution < -0.4 is 0 Å². The van der Waals surface area contributed by atoms with Crippen molar-refractivity contribution in [1.29, 1.82) is 21.2 Å². The maximum Gasteiger partial charge on any atom is 0.217 e. The Bertz CT molecular complexity index is 804. The van der Waals surface area contributed by atoms with Gasteiger partial charge >= 0.3 is 0 Å². The SMILES string of the molecule is CCCCCCC1OC23CCC4(CC2C(C#N)(C(=N)O3)C1(C#N)C#N)OCCO4. The highest BCUT2D eigenvalue weighted by molar-refractivity contribution is 5.89. The van der Waals surface area contributed by atoms with Crippen LogP contribution in [0.1, 0.15) is 58.3 Å². The van der Waals surface area contributed by atoms with Gasteiger partial charge in [-0.25, -0.2) is 0 Å². The standard InChI is InChI=1S/C21H26N4O4/c1-2-3-4-5-6-16-18(12-22,13-23)20(14-24)15-11-19(26-9-10-27-19)7-8-21(15,28-16)29-17(20)25/h15-16,25H,2-11H2,1H3. The lowest BCUT2D eigenvalue weighted by atomic mass is 9.51. The molecule has 8 heteroatoms. The Morgan fingerprint density at radius 3 is 2.38 bits per heavy atom. The third-order valence-electron chi connectivity index (χ3n) is 7.17. The van der Waals surface area contributed by atoms with Crippen LogP contribution in [0.3, 0.4) is 0 Å². The first-order valence-corrected chi connectivity index (χ1v) is 10.5. The van der Waals surface area contributed by atoms with E-state index in [9.17, 15) is 15.8 Å². The predicted octanol–water partition coefficient (Wildman–Crippen LogP) is 3.15. The first-order valence-electron chi connectivity index (χ1n) is 10.5. The number of rotatable bonds is 5. The number of ether oxygens (including phenoxy) is 4. The van der Waals surface area contributed by atoms with E-state index in [1.807, 2.05) is 0 Å². The Hall–Kier alpha value is -2.18. The predicted molar refractivity (Wildman–Crippen MR) is 98.9 cm³/mol. The van der Waals surface area contributed by atoms with Crippen molar-refractivity contribution < 1.29 is 18.9 Å². The molecule has 0 amide bonds. The van der Waals surface area contributed by atoms with Crippen molar-refractivity contribution in [1.82, 2.24) is 0 Å². The second kappa shape index (κ2) is 6.96. The lowest BCUT2D eigenvalue weighted by molar-refractivity contribution is -0.329. The summed E-state index contributed by atoms with van der Waals surface area (Å²) in [5.74, 6) is -3.05. The van der Waals surface area contributed by atoms with E-state index >= 15 is 0 Å². The molecule has 0 aromatic heterocycles. The molecule has 0 radical (unpaired) electrons. The molecule has 4 aliphatic rings. The van der Waals surface area contributed by atoms with Gasteiger partial charge < -0.3 is 18.9 Å². The Kier molecular flexibility index (Phi) is 4.82. The minimum absolute atomic E-state index is 0.261. The highest BCUT2D eigenvalue weighted by Gasteiger charge is 2.81. The fraction of sp³-hybridized carbons (Fsp3) is 0.810. The minimum atomic E-state index is -1.81. The monoisotopic (exact) mass is 398 g/mol. The van der Waals surface area contributed by atoms with Crippen molar-refractivity contribution in [2.75, 3.05) is 13.2 Å². The van der Waals surface area contributed by atoms with Gasteiger partial charge in [-0.15, -0.1) is 0 Å². The van der Waals surface area contributed by atoms with Crippen molar-refractivity contribution in [3.8, 4) is 18.2 Å². The molecule has 1 aliphatic carbocycles. The summed E-state index contributed by atoms with van der Waals surface area (Å²) in [5, 5.41) is 39.2. The summed E-state index contributed by atoms with van der Waals surface area (Å²) in [7, 11) is 0. The molecule has 4 atom stereocenters.